The summed E-state index contributed by atoms with van der Waals surface area (Å²) in [7, 11) is 1.50. The zero-order valence-corrected chi connectivity index (χ0v) is 5.05. The van der Waals surface area contributed by atoms with Crippen LogP contribution in [0.2, 0.25) is 0 Å². The van der Waals surface area contributed by atoms with Gasteiger partial charge in [-0.3, -0.25) is 0 Å². The van der Waals surface area contributed by atoms with Crippen LogP contribution in [0, 0.1) is 0 Å². The van der Waals surface area contributed by atoms with Crippen molar-refractivity contribution in [3.63, 3.8) is 0 Å². The van der Waals surface area contributed by atoms with Gasteiger partial charge < -0.3 is 19.8 Å². The van der Waals surface area contributed by atoms with E-state index in [9.17, 15) is 0 Å². The van der Waals surface area contributed by atoms with Crippen molar-refractivity contribution in [3.05, 3.63) is 0 Å². The number of hydrogen-bond donors (Lipinski definition) is 0. The van der Waals surface area contributed by atoms with Gasteiger partial charge in [0, 0.05) is 0 Å². The first-order valence-electron chi connectivity index (χ1n) is 1.39. The highest BCUT2D eigenvalue weighted by atomic mass is 16.2. The highest BCUT2D eigenvalue weighted by molar-refractivity contribution is 5.11. The smallest absolute Gasteiger partial charge is 0.106 e. The number of hydrogen-bond acceptors (Lipinski definition) is 4. The predicted octanol–water partition coefficient (Wildman–Crippen LogP) is -2.42. The van der Waals surface area contributed by atoms with E-state index in [1.807, 2.05) is 13.6 Å². The second-order valence-electron chi connectivity index (χ2n) is 0. The lowest BCUT2D eigenvalue weighted by Crippen LogP contribution is -1.81. The van der Waals surface area contributed by atoms with Crippen LogP contribution in [0.5, 0.6) is 0 Å². The molecule has 0 unspecified atom stereocenters. The number of carbonyl (C=O) groups is 2. The molecule has 0 aromatic heterocycles. The molecule has 0 aliphatic rings. The van der Waals surface area contributed by atoms with Crippen LogP contribution < -0.4 is 10.2 Å². The fourth-order valence-electron chi connectivity index (χ4n) is 0. The van der Waals surface area contributed by atoms with Crippen molar-refractivity contribution in [2.24, 2.45) is 0 Å². The molecule has 0 radical (unpaired) electrons. The van der Waals surface area contributed by atoms with E-state index in [0.29, 0.717) is 0 Å². The lowest BCUT2D eigenvalue weighted by Gasteiger charge is -1.57. The highest BCUT2D eigenvalue weighted by Gasteiger charge is 0.638. The van der Waals surface area contributed by atoms with Gasteiger partial charge in [-0.05, 0) is 0 Å². The molecule has 0 N–H and O–H groups in total. The molecular formula is C4H10O4-2. The summed E-state index contributed by atoms with van der Waals surface area (Å²) in [5, 5.41) is 16.5. The highest BCUT2D eigenvalue weighted by Crippen LogP contribution is 0.497. The van der Waals surface area contributed by atoms with Crippen LogP contribution in [-0.4, -0.2) is 27.8 Å². The third-order valence-corrected chi connectivity index (χ3v) is 0. The van der Waals surface area contributed by atoms with Crippen LogP contribution in [0.1, 0.15) is 0 Å². The maximum atomic E-state index is 8.25. The van der Waals surface area contributed by atoms with Crippen LogP contribution in [0.4, 0.5) is 0 Å². The molecule has 0 aliphatic carbocycles. The van der Waals surface area contributed by atoms with Crippen LogP contribution in [0.3, 0.4) is 0 Å². The third kappa shape index (κ3) is 174. The minimum atomic E-state index is 0.750. The standard InChI is InChI=1S/2CH3O.2CH2O/c4*1-2/h2*1H3;2*1H2/q2*-1;;. The Morgan fingerprint density at radius 2 is 0.750 bits per heavy atom. The van der Waals surface area contributed by atoms with Crippen molar-refractivity contribution in [2.45, 2.75) is 0 Å². The Kier molecular flexibility index (Phi) is 1060. The summed E-state index contributed by atoms with van der Waals surface area (Å²) in [4.78, 5) is 16.0. The summed E-state index contributed by atoms with van der Waals surface area (Å²) in [6.45, 7) is 4.00. The van der Waals surface area contributed by atoms with E-state index in [0.717, 1.165) is 14.2 Å². The largest absolute Gasteiger partial charge is 0.857 e. The molecule has 0 bridgehead atoms. The SMILES string of the molecule is C=O.C=O.C[O-].C[O-]. The van der Waals surface area contributed by atoms with Crippen molar-refractivity contribution in [1.82, 2.24) is 0 Å². The first-order chi connectivity index (χ1) is 4.00. The molecule has 0 saturated heterocycles. The molecule has 8 heavy (non-hydrogen) atoms. The fraction of sp³-hybridized carbons (Fsp3) is 0.500. The molecule has 0 heterocycles. The van der Waals surface area contributed by atoms with Crippen molar-refractivity contribution >= 4 is 13.6 Å². The maximum absolute atomic E-state index is 8.25. The predicted molar refractivity (Wildman–Crippen MR) is 26.1 cm³/mol. The Bertz CT molecular complexity index is 10.0. The quantitative estimate of drug-likeness (QED) is 0.358. The molecule has 0 aromatic rings. The molecule has 0 aliphatic heterocycles. The molecule has 0 spiro atoms. The van der Waals surface area contributed by atoms with Gasteiger partial charge in [0.1, 0.15) is 13.6 Å². The molecule has 0 amide bonds. The van der Waals surface area contributed by atoms with Crippen molar-refractivity contribution in [1.29, 1.82) is 0 Å². The van der Waals surface area contributed by atoms with E-state index >= 15 is 0 Å². The Labute approximate surface area is 48.8 Å². The Morgan fingerprint density at radius 3 is 0.750 bits per heavy atom. The van der Waals surface area contributed by atoms with E-state index in [1.54, 1.807) is 0 Å². The van der Waals surface area contributed by atoms with E-state index < -0.39 is 0 Å². The summed E-state index contributed by atoms with van der Waals surface area (Å²) < 4.78 is 0. The van der Waals surface area contributed by atoms with Crippen LogP contribution in [0.15, 0.2) is 0 Å². The lowest BCUT2D eigenvalue weighted by molar-refractivity contribution is -0.325. The van der Waals surface area contributed by atoms with E-state index in [-0.39, 0.29) is 0 Å². The molecule has 0 aromatic carbocycles. The molecule has 4 nitrogen and oxygen atoms in total. The molecular weight excluding hydrogens is 112 g/mol. The zero-order valence-electron chi connectivity index (χ0n) is 5.05. The molecule has 0 fully saturated rings. The number of rotatable bonds is 0. The Balaban J connectivity index is -0.0000000133. The van der Waals surface area contributed by atoms with Gasteiger partial charge in [-0.2, -0.15) is 14.2 Å². The summed E-state index contributed by atoms with van der Waals surface area (Å²) >= 11 is 0. The van der Waals surface area contributed by atoms with Gasteiger partial charge in [0.25, 0.3) is 0 Å². The minimum absolute atomic E-state index is 0.750. The van der Waals surface area contributed by atoms with Gasteiger partial charge in [0.05, 0.1) is 0 Å². The summed E-state index contributed by atoms with van der Waals surface area (Å²) in [5.74, 6) is 0. The monoisotopic (exact) mass is 122 g/mol. The summed E-state index contributed by atoms with van der Waals surface area (Å²) in [5.41, 5.74) is 0. The second kappa shape index (κ2) is 316. The van der Waals surface area contributed by atoms with Crippen LogP contribution in [-0.2, 0) is 9.59 Å². The van der Waals surface area contributed by atoms with E-state index in [2.05, 4.69) is 0 Å². The van der Waals surface area contributed by atoms with Gasteiger partial charge in [0.15, 0.2) is 0 Å². The van der Waals surface area contributed by atoms with Crippen molar-refractivity contribution < 1.29 is 19.8 Å². The van der Waals surface area contributed by atoms with Gasteiger partial charge in [-0.1, -0.05) is 0 Å². The Morgan fingerprint density at radius 1 is 0.750 bits per heavy atom. The summed E-state index contributed by atoms with van der Waals surface area (Å²) in [6.07, 6.45) is 0. The first-order valence-corrected chi connectivity index (χ1v) is 1.39. The van der Waals surface area contributed by atoms with Crippen molar-refractivity contribution in [2.75, 3.05) is 14.2 Å². The first kappa shape index (κ1) is 26.8. The number of carbonyl (C=O) groups excluding carboxylic acids is 2. The Hall–Kier alpha value is -0.740. The van der Waals surface area contributed by atoms with Gasteiger partial charge in [-0.25, -0.2) is 0 Å². The average Bonchev–Trinajstić information content (AvgIpc) is 2.03. The second-order valence-corrected chi connectivity index (χ2v) is 0. The van der Waals surface area contributed by atoms with Gasteiger partial charge in [0.2, 0.25) is 0 Å². The van der Waals surface area contributed by atoms with E-state index in [4.69, 9.17) is 19.8 Å². The lowest BCUT2D eigenvalue weighted by atomic mass is 11.8. The molecule has 52 valence electrons. The normalized spacial score (nSPS) is 2.50. The van der Waals surface area contributed by atoms with E-state index in [1.165, 1.54) is 0 Å². The van der Waals surface area contributed by atoms with Crippen LogP contribution >= 0.6 is 0 Å². The molecule has 0 saturated carbocycles. The van der Waals surface area contributed by atoms with Gasteiger partial charge >= 0.3 is 0 Å². The molecule has 0 atom stereocenters. The molecule has 0 rings (SSSR count). The van der Waals surface area contributed by atoms with Gasteiger partial charge in [-0.15, -0.1) is 0 Å². The third-order valence-electron chi connectivity index (χ3n) is 0. The molecule has 4 heteroatoms. The zero-order chi connectivity index (χ0) is 8.00. The van der Waals surface area contributed by atoms with Crippen LogP contribution in [0.25, 0.3) is 0 Å². The van der Waals surface area contributed by atoms with Crippen molar-refractivity contribution in [3.8, 4) is 0 Å². The average molecular weight is 122 g/mol. The topological polar surface area (TPSA) is 80.3 Å². The summed E-state index contributed by atoms with van der Waals surface area (Å²) in [6, 6.07) is 0. The maximum Gasteiger partial charge on any atom is 0.106 e. The fourth-order valence-corrected chi connectivity index (χ4v) is 0. The minimum Gasteiger partial charge on any atom is -0.857 e.